The molecule has 1 aromatic carbocycles. The first-order valence-corrected chi connectivity index (χ1v) is 13.1. The van der Waals surface area contributed by atoms with Crippen LogP contribution in [0.2, 0.25) is 0 Å². The first-order valence-electron chi connectivity index (χ1n) is 13.1. The zero-order valence-electron chi connectivity index (χ0n) is 23.4. The van der Waals surface area contributed by atoms with Gasteiger partial charge < -0.3 is 38.9 Å². The lowest BCUT2D eigenvalue weighted by molar-refractivity contribution is -0.155. The maximum Gasteiger partial charge on any atom is 0.513 e. The van der Waals surface area contributed by atoms with E-state index in [4.69, 9.17) is 34.2 Å². The van der Waals surface area contributed by atoms with Crippen molar-refractivity contribution in [2.75, 3.05) is 20.3 Å². The topological polar surface area (TPSA) is 159 Å². The second kappa shape index (κ2) is 18.7. The fraction of sp³-hybridized carbons (Fsp3) is 0.630. The lowest BCUT2D eigenvalue weighted by Gasteiger charge is -2.22. The quantitative estimate of drug-likeness (QED) is 0.125. The summed E-state index contributed by atoms with van der Waals surface area (Å²) in [5.41, 5.74) is 6.51. The Morgan fingerprint density at radius 3 is 1.85 bits per heavy atom. The van der Waals surface area contributed by atoms with Crippen LogP contribution in [0.3, 0.4) is 0 Å². The van der Waals surface area contributed by atoms with Crippen molar-refractivity contribution in [3.8, 4) is 11.5 Å². The number of benzene rings is 1. The van der Waals surface area contributed by atoms with E-state index < -0.39 is 42.7 Å². The molecule has 3 atom stereocenters. The van der Waals surface area contributed by atoms with Crippen molar-refractivity contribution in [3.63, 3.8) is 0 Å². The Kier molecular flexibility index (Phi) is 16.0. The highest BCUT2D eigenvalue weighted by molar-refractivity contribution is 5.76. The fourth-order valence-corrected chi connectivity index (χ4v) is 3.10. The second-order valence-electron chi connectivity index (χ2n) is 8.83. The van der Waals surface area contributed by atoms with Crippen LogP contribution in [-0.4, -0.2) is 63.0 Å². The third-order valence-electron chi connectivity index (χ3n) is 5.50. The van der Waals surface area contributed by atoms with Crippen molar-refractivity contribution in [2.45, 2.75) is 90.9 Å². The van der Waals surface area contributed by atoms with Crippen LogP contribution in [0.25, 0.3) is 0 Å². The average Bonchev–Trinajstić information content (AvgIpc) is 2.90. The van der Waals surface area contributed by atoms with Gasteiger partial charge in [-0.05, 0) is 50.8 Å². The van der Waals surface area contributed by atoms with Crippen molar-refractivity contribution in [3.05, 3.63) is 23.8 Å². The maximum atomic E-state index is 12.5. The molecule has 0 saturated carbocycles. The molecule has 0 spiro atoms. The fourth-order valence-electron chi connectivity index (χ4n) is 3.10. The van der Waals surface area contributed by atoms with Gasteiger partial charge in [-0.15, -0.1) is 0 Å². The smallest absolute Gasteiger partial charge is 0.458 e. The van der Waals surface area contributed by atoms with E-state index in [0.29, 0.717) is 18.4 Å². The molecule has 0 heterocycles. The Bertz CT molecular complexity index is 921. The third kappa shape index (κ3) is 13.7. The van der Waals surface area contributed by atoms with Gasteiger partial charge in [0.1, 0.15) is 18.2 Å². The SMILES string of the molecule is CCCCCOC(=O)Oc1ccc(C[C@H](N)C(=O)O[C@@H](C)C(C)OC(=O)OC)cc1OC(=O)OCCCCC. The van der Waals surface area contributed by atoms with Crippen molar-refractivity contribution in [1.82, 2.24) is 0 Å². The Morgan fingerprint density at radius 2 is 1.31 bits per heavy atom. The Labute approximate surface area is 229 Å². The second-order valence-corrected chi connectivity index (χ2v) is 8.83. The molecule has 0 radical (unpaired) electrons. The number of esters is 1. The van der Waals surface area contributed by atoms with Crippen LogP contribution in [0.4, 0.5) is 14.4 Å². The molecule has 0 aliphatic rings. The number of carbonyl (C=O) groups excluding carboxylic acids is 4. The van der Waals surface area contributed by atoms with Crippen LogP contribution < -0.4 is 15.2 Å². The van der Waals surface area contributed by atoms with Crippen molar-refractivity contribution in [1.29, 1.82) is 0 Å². The maximum absolute atomic E-state index is 12.5. The van der Waals surface area contributed by atoms with Crippen LogP contribution in [0.5, 0.6) is 11.5 Å². The van der Waals surface area contributed by atoms with Gasteiger partial charge in [0.05, 0.1) is 20.3 Å². The van der Waals surface area contributed by atoms with Crippen LogP contribution in [-0.2, 0) is 34.9 Å². The first-order chi connectivity index (χ1) is 18.6. The molecule has 1 unspecified atom stereocenters. The number of unbranched alkanes of at least 4 members (excludes halogenated alkanes) is 4. The summed E-state index contributed by atoms with van der Waals surface area (Å²) < 4.78 is 35.3. The van der Waals surface area contributed by atoms with E-state index >= 15 is 0 Å². The molecule has 2 N–H and O–H groups in total. The van der Waals surface area contributed by atoms with E-state index in [1.54, 1.807) is 19.9 Å². The zero-order chi connectivity index (χ0) is 29.2. The zero-order valence-corrected chi connectivity index (χ0v) is 23.4. The van der Waals surface area contributed by atoms with Crippen LogP contribution in [0.1, 0.15) is 71.8 Å². The minimum absolute atomic E-state index is 0.00143. The van der Waals surface area contributed by atoms with Crippen molar-refractivity contribution in [2.24, 2.45) is 5.73 Å². The molecular formula is C27H41NO11. The monoisotopic (exact) mass is 555 g/mol. The average molecular weight is 556 g/mol. The predicted molar refractivity (Wildman–Crippen MR) is 140 cm³/mol. The number of methoxy groups -OCH3 is 1. The molecule has 12 heteroatoms. The van der Waals surface area contributed by atoms with Gasteiger partial charge in [0, 0.05) is 0 Å². The van der Waals surface area contributed by atoms with Gasteiger partial charge in [-0.3, -0.25) is 4.79 Å². The summed E-state index contributed by atoms with van der Waals surface area (Å²) in [5.74, 6) is -0.910. The molecule has 0 bridgehead atoms. The van der Waals surface area contributed by atoms with Gasteiger partial charge in [-0.2, -0.15) is 0 Å². The van der Waals surface area contributed by atoms with Gasteiger partial charge in [0.2, 0.25) is 0 Å². The summed E-state index contributed by atoms with van der Waals surface area (Å²) in [6, 6.07) is 3.27. The van der Waals surface area contributed by atoms with Crippen LogP contribution in [0.15, 0.2) is 18.2 Å². The molecule has 0 aromatic heterocycles. The number of hydrogen-bond donors (Lipinski definition) is 1. The van der Waals surface area contributed by atoms with Crippen molar-refractivity contribution >= 4 is 24.4 Å². The van der Waals surface area contributed by atoms with Crippen molar-refractivity contribution < 1.29 is 52.3 Å². The van der Waals surface area contributed by atoms with Crippen LogP contribution in [0, 0.1) is 0 Å². The van der Waals surface area contributed by atoms with E-state index in [9.17, 15) is 19.2 Å². The van der Waals surface area contributed by atoms with E-state index in [-0.39, 0.29) is 31.1 Å². The van der Waals surface area contributed by atoms with Gasteiger partial charge in [-0.1, -0.05) is 45.6 Å². The lowest BCUT2D eigenvalue weighted by atomic mass is 10.1. The summed E-state index contributed by atoms with van der Waals surface area (Å²) in [6.07, 6.45) is 0.706. The highest BCUT2D eigenvalue weighted by Gasteiger charge is 2.25. The normalized spacial score (nSPS) is 12.9. The van der Waals surface area contributed by atoms with E-state index in [1.807, 2.05) is 13.8 Å². The minimum Gasteiger partial charge on any atom is -0.458 e. The molecule has 0 aliphatic heterocycles. The third-order valence-corrected chi connectivity index (χ3v) is 5.50. The van der Waals surface area contributed by atoms with Gasteiger partial charge in [0.15, 0.2) is 11.5 Å². The highest BCUT2D eigenvalue weighted by atomic mass is 16.7. The summed E-state index contributed by atoms with van der Waals surface area (Å²) in [5, 5.41) is 0. The van der Waals surface area contributed by atoms with E-state index in [1.165, 1.54) is 19.2 Å². The lowest BCUT2D eigenvalue weighted by Crippen LogP contribution is -2.39. The Morgan fingerprint density at radius 1 is 0.769 bits per heavy atom. The van der Waals surface area contributed by atoms with Gasteiger partial charge >= 0.3 is 24.4 Å². The molecule has 0 fully saturated rings. The molecule has 12 nitrogen and oxygen atoms in total. The number of ether oxygens (including phenoxy) is 7. The Balaban J connectivity index is 2.90. The number of rotatable bonds is 16. The van der Waals surface area contributed by atoms with E-state index in [0.717, 1.165) is 25.7 Å². The molecule has 1 rings (SSSR count). The first kappa shape index (κ1) is 33.5. The van der Waals surface area contributed by atoms with E-state index in [2.05, 4.69) is 4.74 Å². The predicted octanol–water partition coefficient (Wildman–Crippen LogP) is 5.07. The summed E-state index contributed by atoms with van der Waals surface area (Å²) >= 11 is 0. The summed E-state index contributed by atoms with van der Waals surface area (Å²) in [6.45, 7) is 7.50. The number of carbonyl (C=O) groups is 4. The summed E-state index contributed by atoms with van der Waals surface area (Å²) in [7, 11) is 1.17. The number of nitrogens with two attached hydrogens (primary N) is 1. The van der Waals surface area contributed by atoms with Gasteiger partial charge in [-0.25, -0.2) is 14.4 Å². The number of hydrogen-bond acceptors (Lipinski definition) is 12. The van der Waals surface area contributed by atoms with Crippen LogP contribution >= 0.6 is 0 Å². The van der Waals surface area contributed by atoms with Gasteiger partial charge in [0.25, 0.3) is 0 Å². The molecule has 1 aromatic rings. The largest absolute Gasteiger partial charge is 0.513 e. The Hall–Kier alpha value is -3.54. The molecule has 39 heavy (non-hydrogen) atoms. The standard InChI is InChI=1S/C27H41NO11/c1-6-8-10-14-34-26(31)38-22-13-12-20(17-23(22)39-27(32)35-15-11-9-7-2)16-21(28)24(29)36-18(3)19(4)37-25(30)33-5/h12-13,17-19,21H,6-11,14-16,28H2,1-5H3/t18-,19?,21-/m0/s1. The molecular weight excluding hydrogens is 514 g/mol. The highest BCUT2D eigenvalue weighted by Crippen LogP contribution is 2.30. The molecule has 0 amide bonds. The molecule has 0 saturated heterocycles. The molecule has 0 aliphatic carbocycles. The summed E-state index contributed by atoms with van der Waals surface area (Å²) in [4.78, 5) is 48.1. The molecule has 220 valence electrons. The minimum atomic E-state index is -1.10.